The van der Waals surface area contributed by atoms with E-state index in [1.165, 1.54) is 9.80 Å². The number of carbonyl (C=O) groups is 4. The number of fused-ring (bicyclic) bond motifs is 2. The average molecular weight is 425 g/mol. The van der Waals surface area contributed by atoms with Gasteiger partial charge in [0, 0.05) is 18.8 Å². The number of carbonyl (C=O) groups excluding carboxylic acids is 4. The fraction of sp³-hybridized carbons (Fsp3) is 0.609. The predicted molar refractivity (Wildman–Crippen MR) is 111 cm³/mol. The molecule has 2 spiro atoms. The van der Waals surface area contributed by atoms with Crippen molar-refractivity contribution in [2.75, 3.05) is 6.54 Å². The molecule has 1 aromatic rings. The molecule has 3 fully saturated rings. The zero-order valence-corrected chi connectivity index (χ0v) is 17.9. The highest BCUT2D eigenvalue weighted by atomic mass is 16.2. The Morgan fingerprint density at radius 3 is 2.58 bits per heavy atom. The molecule has 1 saturated heterocycles. The monoisotopic (exact) mass is 424 g/mol. The minimum atomic E-state index is -0.443. The molecule has 3 heterocycles. The van der Waals surface area contributed by atoms with Crippen molar-refractivity contribution < 1.29 is 19.2 Å². The molecule has 2 aliphatic carbocycles. The highest BCUT2D eigenvalue weighted by Crippen LogP contribution is 2.62. The first-order chi connectivity index (χ1) is 14.9. The summed E-state index contributed by atoms with van der Waals surface area (Å²) in [6, 6.07) is 3.02. The average Bonchev–Trinajstić information content (AvgIpc) is 3.01. The van der Waals surface area contributed by atoms with Crippen LogP contribution in [0.25, 0.3) is 0 Å². The third-order valence-electron chi connectivity index (χ3n) is 7.64. The van der Waals surface area contributed by atoms with Gasteiger partial charge in [-0.2, -0.15) is 0 Å². The fourth-order valence-electron chi connectivity index (χ4n) is 6.17. The first-order valence-corrected chi connectivity index (χ1v) is 11.3. The summed E-state index contributed by atoms with van der Waals surface area (Å²) in [4.78, 5) is 57.1. The van der Waals surface area contributed by atoms with Gasteiger partial charge in [0.05, 0.1) is 16.8 Å². The van der Waals surface area contributed by atoms with E-state index in [1.807, 2.05) is 13.0 Å². The highest BCUT2D eigenvalue weighted by molar-refractivity contribution is 6.14. The van der Waals surface area contributed by atoms with Crippen LogP contribution in [0.15, 0.2) is 18.3 Å². The Labute approximate surface area is 181 Å². The number of hydrogen-bond donors (Lipinski definition) is 1. The molecule has 0 unspecified atom stereocenters. The molecule has 164 valence electrons. The predicted octanol–water partition coefficient (Wildman–Crippen LogP) is 2.72. The molecule has 2 saturated carbocycles. The SMILES string of the molecule is CCCCN1C(=O)CC(=O)N(C2CCC3(CC2)CC2(C3)NC(=O)c3cccnc32)C1=O. The normalized spacial score (nSPS) is 32.5. The van der Waals surface area contributed by atoms with Crippen LogP contribution < -0.4 is 5.32 Å². The first kappa shape index (κ1) is 20.2. The van der Waals surface area contributed by atoms with Gasteiger partial charge in [0.25, 0.3) is 5.91 Å². The number of hydrogen-bond acceptors (Lipinski definition) is 5. The number of imide groups is 2. The largest absolute Gasteiger partial charge is 0.341 e. The number of urea groups is 1. The Hall–Kier alpha value is -2.77. The standard InChI is InChI=1S/C23H28N4O4/c1-2-3-11-26-17(28)12-18(29)27(21(26)31)15-6-8-22(9-7-15)13-23(14-22)19-16(20(30)25-23)5-4-10-24-19/h4-5,10,15H,2-3,6-9,11-14H2,1H3,(H,25,30). The van der Waals surface area contributed by atoms with Crippen LogP contribution >= 0.6 is 0 Å². The van der Waals surface area contributed by atoms with Crippen molar-refractivity contribution in [3.05, 3.63) is 29.6 Å². The summed E-state index contributed by atoms with van der Waals surface area (Å²) >= 11 is 0. The molecule has 0 atom stereocenters. The van der Waals surface area contributed by atoms with Gasteiger partial charge in [0.1, 0.15) is 6.42 Å². The zero-order valence-electron chi connectivity index (χ0n) is 17.9. The molecule has 4 aliphatic rings. The summed E-state index contributed by atoms with van der Waals surface area (Å²) in [6.45, 7) is 2.39. The Balaban J connectivity index is 1.25. The molecule has 0 radical (unpaired) electrons. The summed E-state index contributed by atoms with van der Waals surface area (Å²) in [5.74, 6) is -0.793. The molecule has 8 nitrogen and oxygen atoms in total. The Morgan fingerprint density at radius 1 is 1.13 bits per heavy atom. The minimum Gasteiger partial charge on any atom is -0.341 e. The number of unbranched alkanes of at least 4 members (excludes halogenated alkanes) is 1. The molecule has 0 bridgehead atoms. The maximum atomic E-state index is 12.9. The van der Waals surface area contributed by atoms with Gasteiger partial charge in [-0.1, -0.05) is 13.3 Å². The Morgan fingerprint density at radius 2 is 1.87 bits per heavy atom. The van der Waals surface area contributed by atoms with Crippen LogP contribution in [0.5, 0.6) is 0 Å². The van der Waals surface area contributed by atoms with Gasteiger partial charge < -0.3 is 5.32 Å². The number of nitrogens with one attached hydrogen (secondary N) is 1. The molecule has 5 rings (SSSR count). The summed E-state index contributed by atoms with van der Waals surface area (Å²) in [5.41, 5.74) is 1.29. The number of pyridine rings is 1. The first-order valence-electron chi connectivity index (χ1n) is 11.3. The third kappa shape index (κ3) is 3.06. The summed E-state index contributed by atoms with van der Waals surface area (Å²) in [7, 11) is 0. The van der Waals surface area contributed by atoms with Gasteiger partial charge in [-0.25, -0.2) is 4.79 Å². The smallest absolute Gasteiger partial charge is 0.333 e. The second-order valence-electron chi connectivity index (χ2n) is 9.64. The molecule has 1 aromatic heterocycles. The molecule has 0 aromatic carbocycles. The van der Waals surface area contributed by atoms with E-state index in [0.717, 1.165) is 57.1 Å². The van der Waals surface area contributed by atoms with E-state index in [2.05, 4.69) is 10.3 Å². The van der Waals surface area contributed by atoms with Crippen LogP contribution in [-0.2, 0) is 15.1 Å². The number of rotatable bonds is 4. The summed E-state index contributed by atoms with van der Waals surface area (Å²) in [5, 5.41) is 3.16. The van der Waals surface area contributed by atoms with Crippen LogP contribution in [0, 0.1) is 5.41 Å². The Bertz CT molecular complexity index is 958. The molecule has 5 amide bonds. The Kier molecular flexibility index (Phi) is 4.64. The number of aromatic nitrogens is 1. The van der Waals surface area contributed by atoms with E-state index in [-0.39, 0.29) is 41.1 Å². The van der Waals surface area contributed by atoms with Crippen molar-refractivity contribution >= 4 is 23.8 Å². The van der Waals surface area contributed by atoms with Crippen molar-refractivity contribution in [1.82, 2.24) is 20.1 Å². The lowest BCUT2D eigenvalue weighted by atomic mass is 9.51. The van der Waals surface area contributed by atoms with Crippen LogP contribution in [0.2, 0.25) is 0 Å². The minimum absolute atomic E-state index is 0.0482. The molecule has 1 N–H and O–H groups in total. The van der Waals surface area contributed by atoms with Crippen molar-refractivity contribution in [1.29, 1.82) is 0 Å². The molecule has 2 aliphatic heterocycles. The number of nitrogens with zero attached hydrogens (tertiary/aromatic N) is 3. The van der Waals surface area contributed by atoms with Crippen molar-refractivity contribution in [3.8, 4) is 0 Å². The quantitative estimate of drug-likeness (QED) is 0.749. The lowest BCUT2D eigenvalue weighted by Gasteiger charge is -2.57. The van der Waals surface area contributed by atoms with E-state index < -0.39 is 6.03 Å². The third-order valence-corrected chi connectivity index (χ3v) is 7.64. The topological polar surface area (TPSA) is 99.7 Å². The molecule has 31 heavy (non-hydrogen) atoms. The second kappa shape index (κ2) is 7.14. The molecular formula is C23H28N4O4. The van der Waals surface area contributed by atoms with Gasteiger partial charge in [0.15, 0.2) is 0 Å². The van der Waals surface area contributed by atoms with Crippen LogP contribution in [0.3, 0.4) is 0 Å². The maximum absolute atomic E-state index is 12.9. The van der Waals surface area contributed by atoms with E-state index in [9.17, 15) is 19.2 Å². The molecular weight excluding hydrogens is 396 g/mol. The number of amides is 5. The summed E-state index contributed by atoms with van der Waals surface area (Å²) < 4.78 is 0. The van der Waals surface area contributed by atoms with Gasteiger partial charge in [-0.15, -0.1) is 0 Å². The molecule has 8 heteroatoms. The van der Waals surface area contributed by atoms with Crippen LogP contribution in [-0.4, -0.2) is 51.1 Å². The van der Waals surface area contributed by atoms with E-state index in [4.69, 9.17) is 0 Å². The van der Waals surface area contributed by atoms with Gasteiger partial charge in [-0.3, -0.25) is 29.2 Å². The van der Waals surface area contributed by atoms with Crippen molar-refractivity contribution in [2.24, 2.45) is 5.41 Å². The van der Waals surface area contributed by atoms with Crippen molar-refractivity contribution in [2.45, 2.75) is 76.3 Å². The maximum Gasteiger partial charge on any atom is 0.333 e. The van der Waals surface area contributed by atoms with Gasteiger partial charge in [-0.05, 0) is 62.5 Å². The van der Waals surface area contributed by atoms with Gasteiger partial charge >= 0.3 is 6.03 Å². The van der Waals surface area contributed by atoms with E-state index in [1.54, 1.807) is 12.3 Å². The fourth-order valence-corrected chi connectivity index (χ4v) is 6.17. The van der Waals surface area contributed by atoms with Crippen LogP contribution in [0.1, 0.15) is 80.8 Å². The van der Waals surface area contributed by atoms with Gasteiger partial charge in [0.2, 0.25) is 11.8 Å². The van der Waals surface area contributed by atoms with Crippen LogP contribution in [0.4, 0.5) is 4.79 Å². The lowest BCUT2D eigenvalue weighted by molar-refractivity contribution is -0.145. The summed E-state index contributed by atoms with van der Waals surface area (Å²) in [6.07, 6.45) is 8.14. The van der Waals surface area contributed by atoms with E-state index >= 15 is 0 Å². The van der Waals surface area contributed by atoms with Crippen molar-refractivity contribution in [3.63, 3.8) is 0 Å². The zero-order chi connectivity index (χ0) is 21.8. The highest BCUT2D eigenvalue weighted by Gasteiger charge is 2.61. The number of barbiturate groups is 1. The lowest BCUT2D eigenvalue weighted by Crippen LogP contribution is -2.61. The van der Waals surface area contributed by atoms with E-state index in [0.29, 0.717) is 12.1 Å². The second-order valence-corrected chi connectivity index (χ2v) is 9.64.